The highest BCUT2D eigenvalue weighted by atomic mass is 16.5. The number of anilines is 1. The molecule has 8 heteroatoms. The fourth-order valence-electron chi connectivity index (χ4n) is 4.99. The Hall–Kier alpha value is -3.93. The molecule has 0 spiro atoms. The molecule has 0 bridgehead atoms. The van der Waals surface area contributed by atoms with Gasteiger partial charge in [-0.25, -0.2) is 9.67 Å². The van der Waals surface area contributed by atoms with Gasteiger partial charge in [-0.15, -0.1) is 0 Å². The molecule has 2 aromatic carbocycles. The van der Waals surface area contributed by atoms with Gasteiger partial charge in [0.15, 0.2) is 0 Å². The monoisotopic (exact) mass is 492 g/mol. The van der Waals surface area contributed by atoms with Crippen LogP contribution in [0.4, 0.5) is 5.69 Å². The summed E-state index contributed by atoms with van der Waals surface area (Å²) in [6.07, 6.45) is 4.26. The van der Waals surface area contributed by atoms with Crippen LogP contribution >= 0.6 is 0 Å². The summed E-state index contributed by atoms with van der Waals surface area (Å²) >= 11 is 0. The lowest BCUT2D eigenvalue weighted by atomic mass is 10.0. The van der Waals surface area contributed by atoms with Crippen molar-refractivity contribution in [2.24, 2.45) is 10.9 Å². The molecule has 4 aliphatic rings. The van der Waals surface area contributed by atoms with Crippen LogP contribution in [0.3, 0.4) is 0 Å². The molecule has 2 saturated heterocycles. The van der Waals surface area contributed by atoms with E-state index in [9.17, 15) is 4.79 Å². The highest BCUT2D eigenvalue weighted by Gasteiger charge is 2.37. The number of morpholine rings is 1. The van der Waals surface area contributed by atoms with E-state index in [0.717, 1.165) is 65.8 Å². The zero-order chi connectivity index (χ0) is 24.8. The molecule has 1 aliphatic carbocycles. The summed E-state index contributed by atoms with van der Waals surface area (Å²) < 4.78 is 12.6. The van der Waals surface area contributed by atoms with Gasteiger partial charge in [-0.05, 0) is 29.2 Å². The summed E-state index contributed by atoms with van der Waals surface area (Å²) in [6, 6.07) is 14.0. The third kappa shape index (κ3) is 4.20. The minimum absolute atomic E-state index is 0.146. The molecule has 0 amide bonds. The van der Waals surface area contributed by atoms with Crippen LogP contribution in [0.25, 0.3) is 11.3 Å². The molecule has 1 unspecified atom stereocenters. The number of aliphatic imine (C=N–C) groups is 1. The SMILES string of the molecule is O=C(C#CCC1COC1)c1cc2c(c3c1[CH]3)C(N1CCOCC1)=NC(n1ccc(-c3ccccc3)n1)N2. The van der Waals surface area contributed by atoms with E-state index >= 15 is 0 Å². The van der Waals surface area contributed by atoms with Crippen LogP contribution in [-0.2, 0) is 9.47 Å². The molecule has 0 saturated carbocycles. The predicted octanol–water partition coefficient (Wildman–Crippen LogP) is 3.35. The van der Waals surface area contributed by atoms with Crippen molar-refractivity contribution in [3.63, 3.8) is 0 Å². The smallest absolute Gasteiger partial charge is 0.236 e. The van der Waals surface area contributed by atoms with Crippen molar-refractivity contribution in [1.82, 2.24) is 14.7 Å². The maximum absolute atomic E-state index is 13.0. The molecule has 3 aromatic rings. The predicted molar refractivity (Wildman–Crippen MR) is 139 cm³/mol. The molecule has 1 N–H and O–H groups in total. The zero-order valence-corrected chi connectivity index (χ0v) is 20.3. The zero-order valence-electron chi connectivity index (χ0n) is 20.3. The van der Waals surface area contributed by atoms with Gasteiger partial charge < -0.3 is 19.7 Å². The summed E-state index contributed by atoms with van der Waals surface area (Å²) in [5.41, 5.74) is 6.53. The van der Waals surface area contributed by atoms with Gasteiger partial charge in [-0.3, -0.25) is 4.79 Å². The van der Waals surface area contributed by atoms with Crippen LogP contribution < -0.4 is 5.32 Å². The number of hydrogen-bond acceptors (Lipinski definition) is 7. The van der Waals surface area contributed by atoms with Crippen LogP contribution in [0.5, 0.6) is 0 Å². The number of carbonyl (C=O) groups excluding carboxylic acids is 1. The van der Waals surface area contributed by atoms with E-state index in [0.29, 0.717) is 31.1 Å². The van der Waals surface area contributed by atoms with E-state index in [1.165, 1.54) is 0 Å². The summed E-state index contributed by atoms with van der Waals surface area (Å²) in [4.78, 5) is 20.4. The number of rotatable bonds is 4. The first-order valence-electron chi connectivity index (χ1n) is 12.7. The summed E-state index contributed by atoms with van der Waals surface area (Å²) in [5.74, 6) is 7.12. The van der Waals surface area contributed by atoms with E-state index in [1.807, 2.05) is 53.3 Å². The number of benzene rings is 2. The molecule has 7 rings (SSSR count). The van der Waals surface area contributed by atoms with Crippen LogP contribution in [0.1, 0.15) is 39.8 Å². The molecular weight excluding hydrogens is 466 g/mol. The molecule has 185 valence electrons. The topological polar surface area (TPSA) is 81.0 Å². The molecule has 8 nitrogen and oxygen atoms in total. The van der Waals surface area contributed by atoms with E-state index in [1.54, 1.807) is 0 Å². The van der Waals surface area contributed by atoms with Gasteiger partial charge in [-0.2, -0.15) is 5.10 Å². The van der Waals surface area contributed by atoms with E-state index in [2.05, 4.69) is 28.5 Å². The van der Waals surface area contributed by atoms with E-state index < -0.39 is 6.29 Å². The summed E-state index contributed by atoms with van der Waals surface area (Å²) in [6.45, 7) is 4.34. The average molecular weight is 493 g/mol. The summed E-state index contributed by atoms with van der Waals surface area (Å²) in [5, 5.41) is 8.34. The largest absolute Gasteiger partial charge is 0.381 e. The maximum Gasteiger partial charge on any atom is 0.236 e. The minimum atomic E-state index is -0.438. The van der Waals surface area contributed by atoms with Gasteiger partial charge in [0.2, 0.25) is 12.1 Å². The number of amidine groups is 1. The minimum Gasteiger partial charge on any atom is -0.381 e. The fourth-order valence-corrected chi connectivity index (χ4v) is 4.99. The third-order valence-electron chi connectivity index (χ3n) is 7.15. The lowest BCUT2D eigenvalue weighted by Gasteiger charge is -2.35. The molecule has 37 heavy (non-hydrogen) atoms. The van der Waals surface area contributed by atoms with Crippen molar-refractivity contribution in [2.75, 3.05) is 44.8 Å². The highest BCUT2D eigenvalue weighted by Crippen LogP contribution is 2.45. The van der Waals surface area contributed by atoms with Crippen molar-refractivity contribution < 1.29 is 14.3 Å². The number of ether oxygens (including phenoxy) is 2. The Labute approximate surface area is 215 Å². The molecule has 1 aromatic heterocycles. The number of aromatic nitrogens is 2. The van der Waals surface area contributed by atoms with Crippen molar-refractivity contribution >= 4 is 17.3 Å². The Kier molecular flexibility index (Phi) is 5.53. The van der Waals surface area contributed by atoms with Gasteiger partial charge >= 0.3 is 0 Å². The summed E-state index contributed by atoms with van der Waals surface area (Å²) in [7, 11) is 0. The van der Waals surface area contributed by atoms with Crippen LogP contribution in [-0.4, -0.2) is 65.8 Å². The average Bonchev–Trinajstić information content (AvgIpc) is 3.57. The number of carbonyl (C=O) groups is 1. The quantitative estimate of drug-likeness (QED) is 0.267. The van der Waals surface area contributed by atoms with Gasteiger partial charge in [0.05, 0.1) is 32.1 Å². The number of nitrogens with one attached hydrogen (secondary N) is 1. The van der Waals surface area contributed by atoms with Crippen LogP contribution in [0.15, 0.2) is 53.7 Å². The molecule has 3 aliphatic heterocycles. The fraction of sp³-hybridized carbons (Fsp3) is 0.310. The molecule has 1 atom stereocenters. The van der Waals surface area contributed by atoms with E-state index in [-0.39, 0.29) is 5.78 Å². The molecule has 2 fully saturated rings. The Bertz CT molecular complexity index is 1460. The second-order valence-electron chi connectivity index (χ2n) is 9.67. The first-order valence-corrected chi connectivity index (χ1v) is 12.7. The van der Waals surface area contributed by atoms with E-state index in [4.69, 9.17) is 19.6 Å². The number of fused-ring (bicyclic) bond motifs is 3. The molecule has 4 heterocycles. The van der Waals surface area contributed by atoms with Crippen LogP contribution in [0.2, 0.25) is 0 Å². The standard InChI is InChI=1S/C29H26N5O3/c35-26(8-4-5-19-17-37-18-19)22-16-25-27(23-15-21(22)23)28(33-11-13-36-14-12-33)31-29(30-25)34-10-9-24(32-34)20-6-2-1-3-7-20/h1-3,6-7,9-10,15-16,19,29-30H,5,11-14,17-18H2. The second kappa shape index (κ2) is 9.18. The second-order valence-corrected chi connectivity index (χ2v) is 9.67. The number of Topliss-reactive ketones (excluding diaryl/α,β-unsaturated/α-hetero) is 1. The molecule has 1 radical (unpaired) electrons. The van der Waals surface area contributed by atoms with Gasteiger partial charge in [0.1, 0.15) is 5.84 Å². The number of ketones is 1. The maximum atomic E-state index is 13.0. The Morgan fingerprint density at radius 1 is 1.08 bits per heavy atom. The van der Waals surface area contributed by atoms with Crippen molar-refractivity contribution in [1.29, 1.82) is 0 Å². The number of nitrogens with zero attached hydrogens (tertiary/aromatic N) is 4. The number of hydrogen-bond donors (Lipinski definition) is 1. The van der Waals surface area contributed by atoms with Crippen LogP contribution in [0, 0.1) is 24.2 Å². The Morgan fingerprint density at radius 2 is 1.92 bits per heavy atom. The van der Waals surface area contributed by atoms with Crippen molar-refractivity contribution in [3.05, 3.63) is 77.3 Å². The first kappa shape index (κ1) is 22.3. The normalized spacial score (nSPS) is 19.9. The lowest BCUT2D eigenvalue weighted by Crippen LogP contribution is -2.43. The van der Waals surface area contributed by atoms with Gasteiger partial charge in [0.25, 0.3) is 0 Å². The Morgan fingerprint density at radius 3 is 2.70 bits per heavy atom. The lowest BCUT2D eigenvalue weighted by molar-refractivity contribution is -0.0289. The molecular formula is C29H26N5O3. The van der Waals surface area contributed by atoms with Crippen molar-refractivity contribution in [3.8, 4) is 23.1 Å². The third-order valence-corrected chi connectivity index (χ3v) is 7.15. The van der Waals surface area contributed by atoms with Gasteiger partial charge in [0, 0.05) is 60.4 Å². The Balaban J connectivity index is 1.23. The van der Waals surface area contributed by atoms with Gasteiger partial charge in [-0.1, -0.05) is 36.3 Å². The van der Waals surface area contributed by atoms with Crippen molar-refractivity contribution in [2.45, 2.75) is 12.7 Å². The first-order chi connectivity index (χ1) is 18.2. The highest BCUT2D eigenvalue weighted by molar-refractivity contribution is 6.16.